The summed E-state index contributed by atoms with van der Waals surface area (Å²) in [6.45, 7) is 2.57. The lowest BCUT2D eigenvalue weighted by Crippen LogP contribution is -2.14. The van der Waals surface area contributed by atoms with Gasteiger partial charge in [-0.05, 0) is 18.1 Å². The molecule has 2 aromatic rings. The Labute approximate surface area is 110 Å². The molecule has 2 rings (SSSR count). The topological polar surface area (TPSA) is 79.9 Å². The molecule has 0 unspecified atom stereocenters. The first-order valence-corrected chi connectivity index (χ1v) is 6.04. The fraction of sp³-hybridized carbons (Fsp3) is 0.308. The third-order valence-corrected chi connectivity index (χ3v) is 2.80. The normalized spacial score (nSPS) is 10.2. The summed E-state index contributed by atoms with van der Waals surface area (Å²) in [6.07, 6.45) is 4.00. The van der Waals surface area contributed by atoms with Gasteiger partial charge in [0.2, 0.25) is 5.75 Å². The van der Waals surface area contributed by atoms with Crippen molar-refractivity contribution in [3.05, 3.63) is 46.3 Å². The summed E-state index contributed by atoms with van der Waals surface area (Å²) in [6, 6.07) is 3.95. The third kappa shape index (κ3) is 2.90. The Hall–Kier alpha value is -2.37. The van der Waals surface area contributed by atoms with Gasteiger partial charge in [0.1, 0.15) is 0 Å². The minimum absolute atomic E-state index is 0.177. The number of nitrogens with zero attached hydrogens (tertiary/aromatic N) is 2. The number of aromatic amines is 1. The number of hydrogen-bond donors (Lipinski definition) is 2. The van der Waals surface area contributed by atoms with Gasteiger partial charge in [-0.2, -0.15) is 0 Å². The lowest BCUT2D eigenvalue weighted by Gasteiger charge is -2.10. The number of pyridine rings is 1. The van der Waals surface area contributed by atoms with Gasteiger partial charge in [0.25, 0.3) is 5.56 Å². The number of rotatable bonds is 5. The van der Waals surface area contributed by atoms with Crippen molar-refractivity contribution in [3.8, 4) is 5.75 Å². The Balaban J connectivity index is 2.19. The molecule has 6 heteroatoms. The summed E-state index contributed by atoms with van der Waals surface area (Å²) in [5, 5.41) is 3.08. The van der Waals surface area contributed by atoms with Crippen molar-refractivity contribution in [2.45, 2.75) is 19.9 Å². The van der Waals surface area contributed by atoms with Crippen LogP contribution in [0.1, 0.15) is 18.2 Å². The maximum Gasteiger partial charge on any atom is 0.295 e. The second-order valence-corrected chi connectivity index (χ2v) is 3.93. The van der Waals surface area contributed by atoms with Crippen LogP contribution < -0.4 is 15.6 Å². The van der Waals surface area contributed by atoms with Crippen LogP contribution in [0.4, 0.5) is 5.82 Å². The van der Waals surface area contributed by atoms with Crippen molar-refractivity contribution in [2.75, 3.05) is 12.4 Å². The molecule has 0 atom stereocenters. The molecule has 0 aliphatic heterocycles. The number of methoxy groups -OCH3 is 1. The van der Waals surface area contributed by atoms with E-state index in [1.807, 2.05) is 12.1 Å². The Morgan fingerprint density at radius 3 is 3.00 bits per heavy atom. The summed E-state index contributed by atoms with van der Waals surface area (Å²) in [7, 11) is 1.44. The van der Waals surface area contributed by atoms with Gasteiger partial charge in [-0.15, -0.1) is 0 Å². The van der Waals surface area contributed by atoms with Crippen LogP contribution >= 0.6 is 0 Å². The van der Waals surface area contributed by atoms with Gasteiger partial charge in [-0.25, -0.2) is 4.98 Å². The molecule has 0 aromatic carbocycles. The molecule has 2 N–H and O–H groups in total. The number of nitrogens with one attached hydrogen (secondary N) is 2. The highest BCUT2D eigenvalue weighted by Crippen LogP contribution is 2.16. The molecule has 0 bridgehead atoms. The van der Waals surface area contributed by atoms with Crippen molar-refractivity contribution in [1.29, 1.82) is 0 Å². The van der Waals surface area contributed by atoms with Gasteiger partial charge in [0.15, 0.2) is 5.82 Å². The predicted molar refractivity (Wildman–Crippen MR) is 72.4 cm³/mol. The summed E-state index contributed by atoms with van der Waals surface area (Å²) < 4.78 is 5.03. The van der Waals surface area contributed by atoms with Crippen molar-refractivity contribution >= 4 is 5.82 Å². The quantitative estimate of drug-likeness (QED) is 0.848. The number of H-pyrrole nitrogens is 1. The molecule has 0 saturated carbocycles. The van der Waals surface area contributed by atoms with E-state index in [-0.39, 0.29) is 11.3 Å². The smallest absolute Gasteiger partial charge is 0.295 e. The zero-order valence-corrected chi connectivity index (χ0v) is 10.9. The third-order valence-electron chi connectivity index (χ3n) is 2.80. The van der Waals surface area contributed by atoms with Crippen molar-refractivity contribution in [1.82, 2.24) is 15.0 Å². The van der Waals surface area contributed by atoms with Crippen LogP contribution in [-0.4, -0.2) is 22.1 Å². The Morgan fingerprint density at radius 1 is 1.42 bits per heavy atom. The first-order chi connectivity index (χ1) is 9.26. The van der Waals surface area contributed by atoms with Crippen LogP contribution in [0.3, 0.4) is 0 Å². The molecule has 2 aromatic heterocycles. The molecule has 0 radical (unpaired) electrons. The van der Waals surface area contributed by atoms with Crippen LogP contribution in [0.15, 0.2) is 29.5 Å². The van der Waals surface area contributed by atoms with E-state index in [1.54, 1.807) is 6.20 Å². The molecule has 0 amide bonds. The largest absolute Gasteiger partial charge is 0.489 e. The summed E-state index contributed by atoms with van der Waals surface area (Å²) in [5.74, 6) is 0.593. The zero-order chi connectivity index (χ0) is 13.7. The highest BCUT2D eigenvalue weighted by molar-refractivity contribution is 5.48. The molecule has 0 saturated heterocycles. The SMILES string of the molecule is CCc1cccnc1CNc1nc[nH]c(=O)c1OC. The summed E-state index contributed by atoms with van der Waals surface area (Å²) in [5.41, 5.74) is 1.80. The highest BCUT2D eigenvalue weighted by atomic mass is 16.5. The van der Waals surface area contributed by atoms with Gasteiger partial charge in [0.05, 0.1) is 25.7 Å². The van der Waals surface area contributed by atoms with E-state index in [1.165, 1.54) is 19.0 Å². The van der Waals surface area contributed by atoms with E-state index in [9.17, 15) is 4.79 Å². The number of hydrogen-bond acceptors (Lipinski definition) is 5. The van der Waals surface area contributed by atoms with E-state index in [0.29, 0.717) is 12.4 Å². The fourth-order valence-electron chi connectivity index (χ4n) is 1.82. The molecule has 0 fully saturated rings. The fourth-order valence-corrected chi connectivity index (χ4v) is 1.82. The van der Waals surface area contributed by atoms with Crippen molar-refractivity contribution in [2.24, 2.45) is 0 Å². The average Bonchev–Trinajstić information content (AvgIpc) is 2.45. The van der Waals surface area contributed by atoms with E-state index in [4.69, 9.17) is 4.74 Å². The van der Waals surface area contributed by atoms with Gasteiger partial charge < -0.3 is 15.0 Å². The maximum absolute atomic E-state index is 11.5. The first kappa shape index (κ1) is 13.1. The lowest BCUT2D eigenvalue weighted by atomic mass is 10.1. The zero-order valence-electron chi connectivity index (χ0n) is 10.9. The van der Waals surface area contributed by atoms with Crippen LogP contribution in [0, 0.1) is 0 Å². The van der Waals surface area contributed by atoms with Crippen molar-refractivity contribution < 1.29 is 4.74 Å². The molecule has 0 aliphatic rings. The lowest BCUT2D eigenvalue weighted by molar-refractivity contribution is 0.408. The average molecular weight is 260 g/mol. The van der Waals surface area contributed by atoms with E-state index in [2.05, 4.69) is 27.2 Å². The molecule has 6 nitrogen and oxygen atoms in total. The predicted octanol–water partition coefficient (Wildman–Crippen LogP) is 1.35. The molecule has 2 heterocycles. The molecule has 0 aliphatic carbocycles. The van der Waals surface area contributed by atoms with E-state index in [0.717, 1.165) is 12.1 Å². The Morgan fingerprint density at radius 2 is 2.26 bits per heavy atom. The van der Waals surface area contributed by atoms with Crippen LogP contribution in [-0.2, 0) is 13.0 Å². The Kier molecular flexibility index (Phi) is 4.12. The number of aryl methyl sites for hydroxylation is 1. The number of aromatic nitrogens is 3. The molecular formula is C13H16N4O2. The minimum Gasteiger partial charge on any atom is -0.489 e. The van der Waals surface area contributed by atoms with E-state index >= 15 is 0 Å². The van der Waals surface area contributed by atoms with E-state index < -0.39 is 0 Å². The van der Waals surface area contributed by atoms with Gasteiger partial charge in [-0.3, -0.25) is 9.78 Å². The van der Waals surface area contributed by atoms with Gasteiger partial charge in [-0.1, -0.05) is 13.0 Å². The van der Waals surface area contributed by atoms with Crippen LogP contribution in [0.5, 0.6) is 5.75 Å². The highest BCUT2D eigenvalue weighted by Gasteiger charge is 2.09. The second-order valence-electron chi connectivity index (χ2n) is 3.93. The van der Waals surface area contributed by atoms with Crippen molar-refractivity contribution in [3.63, 3.8) is 0 Å². The van der Waals surface area contributed by atoms with Crippen LogP contribution in [0.2, 0.25) is 0 Å². The summed E-state index contributed by atoms with van der Waals surface area (Å²) >= 11 is 0. The minimum atomic E-state index is -0.309. The van der Waals surface area contributed by atoms with Crippen LogP contribution in [0.25, 0.3) is 0 Å². The first-order valence-electron chi connectivity index (χ1n) is 6.04. The molecular weight excluding hydrogens is 244 g/mol. The standard InChI is InChI=1S/C13H16N4O2/c1-3-9-5-4-6-14-10(9)7-15-12-11(19-2)13(18)17-8-16-12/h4-6,8H,3,7H2,1-2H3,(H2,15,16,17,18). The number of anilines is 1. The number of ether oxygens (including phenoxy) is 1. The summed E-state index contributed by atoms with van der Waals surface area (Å²) in [4.78, 5) is 22.4. The maximum atomic E-state index is 11.5. The molecule has 100 valence electrons. The Bertz CT molecular complexity index is 610. The molecule has 19 heavy (non-hydrogen) atoms. The van der Waals surface area contributed by atoms with Gasteiger partial charge in [0, 0.05) is 6.20 Å². The second kappa shape index (κ2) is 5.99. The monoisotopic (exact) mass is 260 g/mol. The van der Waals surface area contributed by atoms with Gasteiger partial charge >= 0.3 is 0 Å². The molecule has 0 spiro atoms.